The molecule has 0 bridgehead atoms. The van der Waals surface area contributed by atoms with Gasteiger partial charge in [-0.25, -0.2) is 0 Å². The summed E-state index contributed by atoms with van der Waals surface area (Å²) in [6.07, 6.45) is 0. The van der Waals surface area contributed by atoms with Crippen molar-refractivity contribution >= 4 is 5.69 Å². The number of anilines is 1. The highest BCUT2D eigenvalue weighted by Gasteiger charge is 2.01. The minimum atomic E-state index is 0. The van der Waals surface area contributed by atoms with Crippen LogP contribution >= 0.6 is 0 Å². The van der Waals surface area contributed by atoms with E-state index in [1.807, 2.05) is 0 Å². The largest absolute Gasteiger partial charge is 0.503 e. The van der Waals surface area contributed by atoms with Crippen LogP contribution in [0.1, 0.15) is 0 Å². The maximum atomic E-state index is 9.15. The van der Waals surface area contributed by atoms with Crippen molar-refractivity contribution < 1.29 is 14.5 Å². The molecule has 0 fully saturated rings. The van der Waals surface area contributed by atoms with E-state index in [1.54, 1.807) is 18.2 Å². The predicted molar refractivity (Wildman–Crippen MR) is 41.6 cm³/mol. The van der Waals surface area contributed by atoms with Crippen molar-refractivity contribution in [1.82, 2.24) is 0 Å². The fourth-order valence-electron chi connectivity index (χ4n) is 0.704. The van der Waals surface area contributed by atoms with E-state index < -0.39 is 0 Å². The van der Waals surface area contributed by atoms with E-state index in [0.717, 1.165) is 0 Å². The first-order valence-corrected chi connectivity index (χ1v) is 2.87. The zero-order chi connectivity index (χ0) is 7.56. The highest BCUT2D eigenvalue weighted by molar-refractivity contribution is 5.58. The highest BCUT2D eigenvalue weighted by Crippen LogP contribution is 2.30. The number of hydrogen-bond acceptors (Lipinski definition) is 3. The van der Waals surface area contributed by atoms with Gasteiger partial charge in [0, 0.05) is 0 Å². The summed E-state index contributed by atoms with van der Waals surface area (Å²) in [5.41, 5.74) is 5.70. The van der Waals surface area contributed by atoms with Crippen molar-refractivity contribution in [1.29, 1.82) is 0 Å². The smallest absolute Gasteiger partial charge is 0.181 e. The summed E-state index contributed by atoms with van der Waals surface area (Å²) in [5.74, 6) is 0.407. The van der Waals surface area contributed by atoms with E-state index in [9.17, 15) is 0 Å². The molecule has 0 aliphatic rings. The van der Waals surface area contributed by atoms with Crippen LogP contribution < -0.4 is 10.5 Å². The molecule has 0 saturated carbocycles. The van der Waals surface area contributed by atoms with Gasteiger partial charge in [0.05, 0.1) is 12.8 Å². The monoisotopic (exact) mass is 159 g/mol. The number of methoxy groups -OCH3 is 1. The van der Waals surface area contributed by atoms with Crippen LogP contribution in [0.15, 0.2) is 18.2 Å². The van der Waals surface area contributed by atoms with Crippen molar-refractivity contribution in [3.63, 3.8) is 0 Å². The molecule has 0 saturated heterocycles. The van der Waals surface area contributed by atoms with Crippen molar-refractivity contribution in [3.05, 3.63) is 18.2 Å². The minimum absolute atomic E-state index is 0. The number of rotatable bonds is 1. The number of nitrogens with two attached hydrogens (primary N) is 1. The second-order valence-corrected chi connectivity index (χ2v) is 1.90. The molecule has 11 heavy (non-hydrogen) atoms. The van der Waals surface area contributed by atoms with E-state index in [0.29, 0.717) is 11.4 Å². The number of ether oxygens (including phenoxy) is 1. The molecular formula is C7H10FNO2. The first-order valence-electron chi connectivity index (χ1n) is 2.87. The topological polar surface area (TPSA) is 55.5 Å². The SMILES string of the molecule is COc1cccc(N)c1O.F. The third-order valence-electron chi connectivity index (χ3n) is 1.25. The van der Waals surface area contributed by atoms with Crippen LogP contribution in [0.2, 0.25) is 0 Å². The molecule has 1 aromatic rings. The molecule has 0 unspecified atom stereocenters. The van der Waals surface area contributed by atoms with Gasteiger partial charge in [0.25, 0.3) is 0 Å². The van der Waals surface area contributed by atoms with E-state index >= 15 is 0 Å². The third kappa shape index (κ3) is 1.73. The third-order valence-corrected chi connectivity index (χ3v) is 1.25. The number of hydrogen-bond donors (Lipinski definition) is 2. The lowest BCUT2D eigenvalue weighted by atomic mass is 10.3. The minimum Gasteiger partial charge on any atom is -0.503 e. The van der Waals surface area contributed by atoms with Gasteiger partial charge in [-0.2, -0.15) is 0 Å². The van der Waals surface area contributed by atoms with E-state index in [2.05, 4.69) is 0 Å². The number of nitrogen functional groups attached to an aromatic ring is 1. The molecule has 0 radical (unpaired) electrons. The zero-order valence-corrected chi connectivity index (χ0v) is 6.07. The van der Waals surface area contributed by atoms with Crippen LogP contribution in [0.4, 0.5) is 10.4 Å². The Kier molecular flexibility index (Phi) is 3.17. The number of aromatic hydroxyl groups is 1. The Labute approximate surface area is 63.8 Å². The van der Waals surface area contributed by atoms with Crippen LogP contribution in [0, 0.1) is 0 Å². The number of benzene rings is 1. The van der Waals surface area contributed by atoms with Gasteiger partial charge < -0.3 is 15.6 Å². The Morgan fingerprint density at radius 3 is 2.55 bits per heavy atom. The first-order chi connectivity index (χ1) is 4.75. The van der Waals surface area contributed by atoms with Crippen LogP contribution in [0.3, 0.4) is 0 Å². The molecule has 4 heteroatoms. The lowest BCUT2D eigenvalue weighted by Gasteiger charge is -2.03. The first kappa shape index (κ1) is 9.55. The second kappa shape index (κ2) is 3.65. The van der Waals surface area contributed by atoms with Crippen molar-refractivity contribution in [2.75, 3.05) is 12.8 Å². The average molecular weight is 159 g/mol. The van der Waals surface area contributed by atoms with E-state index in [1.165, 1.54) is 7.11 Å². The summed E-state index contributed by atoms with van der Waals surface area (Å²) in [6, 6.07) is 4.97. The quantitative estimate of drug-likeness (QED) is 0.477. The summed E-state index contributed by atoms with van der Waals surface area (Å²) >= 11 is 0. The molecule has 0 heterocycles. The van der Waals surface area contributed by atoms with Crippen molar-refractivity contribution in [2.45, 2.75) is 0 Å². The van der Waals surface area contributed by atoms with Gasteiger partial charge in [-0.15, -0.1) is 0 Å². The number of halogens is 1. The number of para-hydroxylation sites is 1. The van der Waals surface area contributed by atoms with Gasteiger partial charge >= 0.3 is 0 Å². The molecule has 0 aliphatic carbocycles. The second-order valence-electron chi connectivity index (χ2n) is 1.90. The molecule has 0 aliphatic heterocycles. The van der Waals surface area contributed by atoms with Crippen LogP contribution in [-0.4, -0.2) is 12.2 Å². The Balaban J connectivity index is 0.000001000. The Bertz CT molecular complexity index is 240. The molecule has 0 aromatic heterocycles. The maximum Gasteiger partial charge on any atom is 0.181 e. The molecule has 0 atom stereocenters. The summed E-state index contributed by atoms with van der Waals surface area (Å²) in [4.78, 5) is 0. The molecule has 0 amide bonds. The fourth-order valence-corrected chi connectivity index (χ4v) is 0.704. The van der Waals surface area contributed by atoms with Crippen LogP contribution in [0.5, 0.6) is 11.5 Å². The Morgan fingerprint density at radius 2 is 2.09 bits per heavy atom. The Hall–Kier alpha value is -1.45. The van der Waals surface area contributed by atoms with Crippen molar-refractivity contribution in [2.24, 2.45) is 0 Å². The molecule has 1 aromatic carbocycles. The number of phenolic OH excluding ortho intramolecular Hbond substituents is 1. The molecule has 0 spiro atoms. The summed E-state index contributed by atoms with van der Waals surface area (Å²) in [5, 5.41) is 9.15. The molecular weight excluding hydrogens is 149 g/mol. The zero-order valence-electron chi connectivity index (χ0n) is 6.07. The number of phenols is 1. The van der Waals surface area contributed by atoms with E-state index in [4.69, 9.17) is 15.6 Å². The Morgan fingerprint density at radius 1 is 1.45 bits per heavy atom. The predicted octanol–water partition coefficient (Wildman–Crippen LogP) is 1.14. The molecule has 62 valence electrons. The highest BCUT2D eigenvalue weighted by atomic mass is 19.0. The lowest BCUT2D eigenvalue weighted by Crippen LogP contribution is -1.88. The summed E-state index contributed by atoms with van der Waals surface area (Å²) in [6.45, 7) is 0. The lowest BCUT2D eigenvalue weighted by molar-refractivity contribution is 0.375. The molecule has 1 rings (SSSR count). The molecule has 3 nitrogen and oxygen atoms in total. The van der Waals surface area contributed by atoms with Crippen LogP contribution in [-0.2, 0) is 0 Å². The average Bonchev–Trinajstić information content (AvgIpc) is 1.95. The van der Waals surface area contributed by atoms with Gasteiger partial charge in [0.2, 0.25) is 0 Å². The summed E-state index contributed by atoms with van der Waals surface area (Å²) in [7, 11) is 1.48. The van der Waals surface area contributed by atoms with E-state index in [-0.39, 0.29) is 10.5 Å². The van der Waals surface area contributed by atoms with Gasteiger partial charge in [-0.3, -0.25) is 4.70 Å². The fraction of sp³-hybridized carbons (Fsp3) is 0.143. The van der Waals surface area contributed by atoms with Gasteiger partial charge in [0.15, 0.2) is 11.5 Å². The standard InChI is InChI=1S/C7H9NO2.FH/c1-10-6-4-2-3-5(8)7(6)9;/h2-4,9H,8H2,1H3;1H. The van der Waals surface area contributed by atoms with Gasteiger partial charge in [-0.1, -0.05) is 6.07 Å². The van der Waals surface area contributed by atoms with Gasteiger partial charge in [-0.05, 0) is 12.1 Å². The normalized spacial score (nSPS) is 8.45. The summed E-state index contributed by atoms with van der Waals surface area (Å²) < 4.78 is 4.80. The van der Waals surface area contributed by atoms with Crippen LogP contribution in [0.25, 0.3) is 0 Å². The molecule has 3 N–H and O–H groups in total. The maximum absolute atomic E-state index is 9.15. The van der Waals surface area contributed by atoms with Gasteiger partial charge in [0.1, 0.15) is 0 Å². The van der Waals surface area contributed by atoms with Crippen molar-refractivity contribution in [3.8, 4) is 11.5 Å².